The molecule has 20 heavy (non-hydrogen) atoms. The molecule has 0 spiro atoms. The number of carbonyl (C=O) groups is 2. The summed E-state index contributed by atoms with van der Waals surface area (Å²) in [5, 5.41) is 11.4. The molecule has 0 bridgehead atoms. The normalized spacial score (nSPS) is 12.8. The summed E-state index contributed by atoms with van der Waals surface area (Å²) in [6.45, 7) is 1.45. The summed E-state index contributed by atoms with van der Waals surface area (Å²) < 4.78 is 4.84. The Kier molecular flexibility index (Phi) is 5.81. The van der Waals surface area contributed by atoms with Crippen LogP contribution in [0.2, 0.25) is 5.02 Å². The Bertz CT molecular complexity index is 542. The van der Waals surface area contributed by atoms with Crippen LogP contribution in [-0.2, 0) is 9.53 Å². The van der Waals surface area contributed by atoms with Crippen molar-refractivity contribution in [2.75, 3.05) is 0 Å². The van der Waals surface area contributed by atoms with E-state index in [-0.39, 0.29) is 6.42 Å². The van der Waals surface area contributed by atoms with E-state index in [2.05, 4.69) is 5.32 Å². The van der Waals surface area contributed by atoms with Gasteiger partial charge >= 0.3 is 12.0 Å². The van der Waals surface area contributed by atoms with Gasteiger partial charge in [-0.05, 0) is 18.6 Å². The van der Waals surface area contributed by atoms with Gasteiger partial charge in [0.2, 0.25) is 0 Å². The van der Waals surface area contributed by atoms with Gasteiger partial charge in [0.05, 0.1) is 12.5 Å². The van der Waals surface area contributed by atoms with E-state index in [0.717, 1.165) is 0 Å². The Hall–Kier alpha value is -2.26. The molecule has 0 radical (unpaired) electrons. The molecule has 0 heterocycles. The molecule has 1 aromatic carbocycles. The summed E-state index contributed by atoms with van der Waals surface area (Å²) in [5.74, 6) is -0.627. The smallest absolute Gasteiger partial charge is 0.312 e. The molecule has 1 aromatic rings. The van der Waals surface area contributed by atoms with Gasteiger partial charge in [-0.25, -0.2) is 4.79 Å². The summed E-state index contributed by atoms with van der Waals surface area (Å²) in [4.78, 5) is 22.7. The van der Waals surface area contributed by atoms with Gasteiger partial charge in [0, 0.05) is 5.02 Å². The maximum Gasteiger partial charge on any atom is 0.312 e. The monoisotopic (exact) mass is 295 g/mol. The lowest BCUT2D eigenvalue weighted by Gasteiger charge is -2.18. The maximum absolute atomic E-state index is 11.7. The number of nitriles is 1. The summed E-state index contributed by atoms with van der Waals surface area (Å²) >= 11 is 6.02. The predicted octanol–water partition coefficient (Wildman–Crippen LogP) is 1.89. The molecule has 0 aromatic heterocycles. The number of carbonyl (C=O) groups excluding carboxylic acids is 2. The topological polar surface area (TPSA) is 105 Å². The first-order valence-electron chi connectivity index (χ1n) is 5.83. The lowest BCUT2D eigenvalue weighted by Crippen LogP contribution is -2.35. The lowest BCUT2D eigenvalue weighted by molar-refractivity contribution is -0.146. The molecule has 0 unspecified atom stereocenters. The molecule has 3 N–H and O–H groups in total. The average Bonchev–Trinajstić information content (AvgIpc) is 2.37. The number of amides is 2. The maximum atomic E-state index is 11.7. The molecule has 2 amide bonds. The van der Waals surface area contributed by atoms with Crippen molar-refractivity contribution in [2.24, 2.45) is 5.73 Å². The van der Waals surface area contributed by atoms with E-state index in [1.165, 1.54) is 6.92 Å². The van der Waals surface area contributed by atoms with Crippen LogP contribution in [0.4, 0.5) is 4.79 Å². The number of primary amides is 1. The van der Waals surface area contributed by atoms with E-state index in [9.17, 15) is 9.59 Å². The molecule has 2 atom stereocenters. The van der Waals surface area contributed by atoms with Crippen molar-refractivity contribution >= 4 is 23.6 Å². The van der Waals surface area contributed by atoms with E-state index in [0.29, 0.717) is 10.6 Å². The number of nitrogens with two attached hydrogens (primary N) is 1. The molecule has 106 valence electrons. The number of nitrogens with one attached hydrogen (secondary N) is 1. The van der Waals surface area contributed by atoms with Crippen LogP contribution in [0.1, 0.15) is 24.9 Å². The molecule has 1 rings (SSSR count). The molecule has 0 saturated heterocycles. The Morgan fingerprint density at radius 3 is 2.70 bits per heavy atom. The predicted molar refractivity (Wildman–Crippen MR) is 72.7 cm³/mol. The number of hydrogen-bond donors (Lipinski definition) is 2. The Morgan fingerprint density at radius 2 is 2.15 bits per heavy atom. The van der Waals surface area contributed by atoms with Crippen molar-refractivity contribution in [1.82, 2.24) is 5.32 Å². The van der Waals surface area contributed by atoms with Crippen molar-refractivity contribution < 1.29 is 14.3 Å². The fourth-order valence-electron chi connectivity index (χ4n) is 1.61. The van der Waals surface area contributed by atoms with Crippen molar-refractivity contribution in [2.45, 2.75) is 25.5 Å². The van der Waals surface area contributed by atoms with E-state index < -0.39 is 24.1 Å². The number of benzene rings is 1. The number of ether oxygens (including phenoxy) is 1. The highest BCUT2D eigenvalue weighted by Gasteiger charge is 2.21. The SMILES string of the molecule is C[C@@H](C#N)OC(=O)C[C@@H](NC(N)=O)c1ccccc1Cl. The molecule has 7 heteroatoms. The van der Waals surface area contributed by atoms with E-state index in [1.807, 2.05) is 0 Å². The fourth-order valence-corrected chi connectivity index (χ4v) is 1.87. The van der Waals surface area contributed by atoms with Crippen LogP contribution in [0.5, 0.6) is 0 Å². The van der Waals surface area contributed by atoms with Crippen LogP contribution in [0.15, 0.2) is 24.3 Å². The number of esters is 1. The largest absolute Gasteiger partial charge is 0.447 e. The van der Waals surface area contributed by atoms with Crippen LogP contribution in [-0.4, -0.2) is 18.1 Å². The summed E-state index contributed by atoms with van der Waals surface area (Å²) in [7, 11) is 0. The molecule has 0 aliphatic rings. The van der Waals surface area contributed by atoms with Gasteiger partial charge < -0.3 is 15.8 Å². The number of urea groups is 1. The molecule has 0 fully saturated rings. The van der Waals surface area contributed by atoms with Crippen LogP contribution in [0.3, 0.4) is 0 Å². The third kappa shape index (κ3) is 4.78. The third-order valence-corrected chi connectivity index (χ3v) is 2.80. The minimum Gasteiger partial charge on any atom is -0.447 e. The van der Waals surface area contributed by atoms with E-state index >= 15 is 0 Å². The van der Waals surface area contributed by atoms with Gasteiger partial charge in [-0.1, -0.05) is 29.8 Å². The molecular weight excluding hydrogens is 282 g/mol. The first-order valence-corrected chi connectivity index (χ1v) is 6.21. The lowest BCUT2D eigenvalue weighted by atomic mass is 10.0. The second-order valence-electron chi connectivity index (χ2n) is 4.05. The number of rotatable bonds is 5. The van der Waals surface area contributed by atoms with Crippen molar-refractivity contribution in [3.8, 4) is 6.07 Å². The zero-order valence-corrected chi connectivity index (χ0v) is 11.6. The second-order valence-corrected chi connectivity index (χ2v) is 4.46. The van der Waals surface area contributed by atoms with Crippen molar-refractivity contribution in [3.63, 3.8) is 0 Å². The molecule has 0 aliphatic carbocycles. The summed E-state index contributed by atoms with van der Waals surface area (Å²) in [6, 6.07) is 7.04. The zero-order valence-electron chi connectivity index (χ0n) is 10.8. The summed E-state index contributed by atoms with van der Waals surface area (Å²) in [6.07, 6.45) is -1.03. The average molecular weight is 296 g/mol. The molecule has 0 saturated carbocycles. The quantitative estimate of drug-likeness (QED) is 0.809. The van der Waals surface area contributed by atoms with Crippen LogP contribution in [0, 0.1) is 11.3 Å². The Balaban J connectivity index is 2.86. The standard InChI is InChI=1S/C13H14ClN3O3/c1-8(7-15)20-12(18)6-11(17-13(16)19)9-4-2-3-5-10(9)14/h2-5,8,11H,6H2,1H3,(H3,16,17,19)/t8-,11+/m0/s1. The Morgan fingerprint density at radius 1 is 1.50 bits per heavy atom. The first-order chi connectivity index (χ1) is 9.43. The van der Waals surface area contributed by atoms with Gasteiger partial charge in [0.15, 0.2) is 6.10 Å². The molecule has 0 aliphatic heterocycles. The van der Waals surface area contributed by atoms with E-state index in [1.54, 1.807) is 30.3 Å². The van der Waals surface area contributed by atoms with Gasteiger partial charge in [-0.2, -0.15) is 5.26 Å². The minimum atomic E-state index is -0.858. The third-order valence-electron chi connectivity index (χ3n) is 2.46. The highest BCUT2D eigenvalue weighted by molar-refractivity contribution is 6.31. The fraction of sp³-hybridized carbons (Fsp3) is 0.308. The van der Waals surface area contributed by atoms with Gasteiger partial charge in [-0.3, -0.25) is 4.79 Å². The van der Waals surface area contributed by atoms with Gasteiger partial charge in [0.1, 0.15) is 6.07 Å². The first kappa shape index (κ1) is 15.8. The highest BCUT2D eigenvalue weighted by atomic mass is 35.5. The highest BCUT2D eigenvalue weighted by Crippen LogP contribution is 2.25. The number of halogens is 1. The summed E-state index contributed by atoms with van der Waals surface area (Å²) in [5.41, 5.74) is 5.64. The molecular formula is C13H14ClN3O3. The van der Waals surface area contributed by atoms with Gasteiger partial charge in [0.25, 0.3) is 0 Å². The zero-order chi connectivity index (χ0) is 15.1. The minimum absolute atomic E-state index is 0.168. The van der Waals surface area contributed by atoms with Crippen LogP contribution >= 0.6 is 11.6 Å². The van der Waals surface area contributed by atoms with Crippen LogP contribution < -0.4 is 11.1 Å². The van der Waals surface area contributed by atoms with Crippen molar-refractivity contribution in [3.05, 3.63) is 34.9 Å². The van der Waals surface area contributed by atoms with E-state index in [4.69, 9.17) is 27.3 Å². The molecule has 6 nitrogen and oxygen atoms in total. The second kappa shape index (κ2) is 7.36. The van der Waals surface area contributed by atoms with Crippen LogP contribution in [0.25, 0.3) is 0 Å². The van der Waals surface area contributed by atoms with Crippen molar-refractivity contribution in [1.29, 1.82) is 5.26 Å². The Labute approximate surface area is 121 Å². The number of nitrogens with zero attached hydrogens (tertiary/aromatic N) is 1. The van der Waals surface area contributed by atoms with Gasteiger partial charge in [-0.15, -0.1) is 0 Å². The number of hydrogen-bond acceptors (Lipinski definition) is 4.